The molecule has 1 amide bonds. The summed E-state index contributed by atoms with van der Waals surface area (Å²) in [5.74, 6) is -0.281. The Kier molecular flexibility index (Phi) is 5.45. The molecule has 6 heteroatoms. The number of piperazine rings is 1. The van der Waals surface area contributed by atoms with Gasteiger partial charge in [-0.15, -0.1) is 0 Å². The van der Waals surface area contributed by atoms with E-state index in [4.69, 9.17) is 0 Å². The highest BCUT2D eigenvalue weighted by Gasteiger charge is 2.28. The fourth-order valence-corrected chi connectivity index (χ4v) is 4.55. The van der Waals surface area contributed by atoms with Crippen molar-refractivity contribution >= 4 is 16.8 Å². The van der Waals surface area contributed by atoms with Gasteiger partial charge in [0.15, 0.2) is 0 Å². The van der Waals surface area contributed by atoms with E-state index in [1.54, 1.807) is 18.5 Å². The van der Waals surface area contributed by atoms with E-state index in [0.29, 0.717) is 30.6 Å². The number of aromatic nitrogens is 2. The molecule has 1 fully saturated rings. The number of para-hydroxylation sites is 1. The van der Waals surface area contributed by atoms with Crippen molar-refractivity contribution in [1.82, 2.24) is 19.8 Å². The van der Waals surface area contributed by atoms with Crippen LogP contribution in [0.5, 0.6) is 0 Å². The molecule has 162 valence electrons. The van der Waals surface area contributed by atoms with Gasteiger partial charge in [-0.25, -0.2) is 4.39 Å². The molecule has 1 N–H and O–H groups in total. The van der Waals surface area contributed by atoms with E-state index in [1.807, 2.05) is 54.3 Å². The molecule has 2 aromatic carbocycles. The quantitative estimate of drug-likeness (QED) is 0.532. The Balaban J connectivity index is 1.78. The lowest BCUT2D eigenvalue weighted by molar-refractivity contribution is 0.0736. The first-order valence-corrected chi connectivity index (χ1v) is 10.9. The van der Waals surface area contributed by atoms with Crippen LogP contribution in [0.1, 0.15) is 27.2 Å². The third-order valence-corrected chi connectivity index (χ3v) is 6.20. The number of rotatable bonds is 4. The number of nitrogens with zero attached hydrogens (tertiary/aromatic N) is 3. The van der Waals surface area contributed by atoms with E-state index >= 15 is 0 Å². The molecule has 3 heterocycles. The Bertz CT molecular complexity index is 1260. The van der Waals surface area contributed by atoms with Crippen LogP contribution in [0.25, 0.3) is 16.6 Å². The summed E-state index contributed by atoms with van der Waals surface area (Å²) in [6.45, 7) is 4.74. The SMILES string of the molecule is Cc1cccc(F)c1Cc1c(C(=O)N2CCNCC2)c2cnccc2n1-c1ccccc1. The maximum absolute atomic E-state index is 14.9. The molecule has 0 atom stereocenters. The molecule has 5 rings (SSSR count). The van der Waals surface area contributed by atoms with Gasteiger partial charge >= 0.3 is 0 Å². The first kappa shape index (κ1) is 20.4. The van der Waals surface area contributed by atoms with Crippen LogP contribution in [0, 0.1) is 12.7 Å². The Morgan fingerprint density at radius 2 is 1.84 bits per heavy atom. The Morgan fingerprint density at radius 3 is 2.59 bits per heavy atom. The van der Waals surface area contributed by atoms with Crippen molar-refractivity contribution in [3.8, 4) is 5.69 Å². The molecule has 1 aliphatic rings. The number of carbonyl (C=O) groups excluding carboxylic acids is 1. The molecule has 1 saturated heterocycles. The number of amides is 1. The third kappa shape index (κ3) is 3.56. The van der Waals surface area contributed by atoms with Crippen LogP contribution in [0.4, 0.5) is 4.39 Å². The lowest BCUT2D eigenvalue weighted by atomic mass is 9.99. The molecule has 0 radical (unpaired) electrons. The molecule has 0 spiro atoms. The minimum atomic E-state index is -0.256. The summed E-state index contributed by atoms with van der Waals surface area (Å²) in [6, 6.07) is 17.0. The summed E-state index contributed by atoms with van der Waals surface area (Å²) < 4.78 is 17.0. The predicted molar refractivity (Wildman–Crippen MR) is 124 cm³/mol. The van der Waals surface area contributed by atoms with Gasteiger partial charge < -0.3 is 14.8 Å². The lowest BCUT2D eigenvalue weighted by Gasteiger charge is -2.28. The van der Waals surface area contributed by atoms with Crippen LogP contribution in [0.3, 0.4) is 0 Å². The van der Waals surface area contributed by atoms with Crippen LogP contribution in [0.2, 0.25) is 0 Å². The van der Waals surface area contributed by atoms with Gasteiger partial charge in [-0.1, -0.05) is 30.3 Å². The van der Waals surface area contributed by atoms with Crippen molar-refractivity contribution in [2.24, 2.45) is 0 Å². The zero-order chi connectivity index (χ0) is 22.1. The topological polar surface area (TPSA) is 50.2 Å². The Labute approximate surface area is 186 Å². The molecule has 4 aromatic rings. The maximum Gasteiger partial charge on any atom is 0.256 e. The number of hydrogen-bond donors (Lipinski definition) is 1. The smallest absolute Gasteiger partial charge is 0.256 e. The second kappa shape index (κ2) is 8.55. The van der Waals surface area contributed by atoms with Crippen molar-refractivity contribution in [2.45, 2.75) is 13.3 Å². The van der Waals surface area contributed by atoms with Crippen LogP contribution < -0.4 is 5.32 Å². The average molecular weight is 429 g/mol. The Hall–Kier alpha value is -3.51. The lowest BCUT2D eigenvalue weighted by Crippen LogP contribution is -2.46. The summed E-state index contributed by atoms with van der Waals surface area (Å²) >= 11 is 0. The molecule has 0 aliphatic carbocycles. The van der Waals surface area contributed by atoms with Crippen LogP contribution in [-0.2, 0) is 6.42 Å². The summed E-state index contributed by atoms with van der Waals surface area (Å²) in [7, 11) is 0. The highest BCUT2D eigenvalue weighted by atomic mass is 19.1. The molecule has 5 nitrogen and oxygen atoms in total. The normalized spacial score (nSPS) is 14.1. The van der Waals surface area contributed by atoms with Gasteiger partial charge in [0.1, 0.15) is 5.82 Å². The van der Waals surface area contributed by atoms with Gasteiger partial charge in [0.05, 0.1) is 11.1 Å². The van der Waals surface area contributed by atoms with Gasteiger partial charge in [0.25, 0.3) is 5.91 Å². The summed E-state index contributed by atoms with van der Waals surface area (Å²) in [6.07, 6.45) is 3.80. The molecular formula is C26H25FN4O. The highest BCUT2D eigenvalue weighted by molar-refractivity contribution is 6.09. The minimum absolute atomic E-state index is 0.0248. The predicted octanol–water partition coefficient (Wildman–Crippen LogP) is 4.11. The molecular weight excluding hydrogens is 403 g/mol. The maximum atomic E-state index is 14.9. The van der Waals surface area contributed by atoms with E-state index in [1.165, 1.54) is 6.07 Å². The number of halogens is 1. The second-order valence-corrected chi connectivity index (χ2v) is 8.14. The third-order valence-electron chi connectivity index (χ3n) is 6.20. The van der Waals surface area contributed by atoms with Gasteiger partial charge in [0.2, 0.25) is 0 Å². The fraction of sp³-hybridized carbons (Fsp3) is 0.231. The zero-order valence-electron chi connectivity index (χ0n) is 18.0. The first-order valence-electron chi connectivity index (χ1n) is 10.9. The number of pyridine rings is 1. The number of aryl methyl sites for hydroxylation is 1. The number of fused-ring (bicyclic) bond motifs is 1. The number of carbonyl (C=O) groups is 1. The van der Waals surface area contributed by atoms with Crippen molar-refractivity contribution in [2.75, 3.05) is 26.2 Å². The number of benzene rings is 2. The molecule has 0 bridgehead atoms. The largest absolute Gasteiger partial charge is 0.336 e. The van der Waals surface area contributed by atoms with E-state index in [2.05, 4.69) is 14.9 Å². The summed E-state index contributed by atoms with van der Waals surface area (Å²) in [4.78, 5) is 20.0. The zero-order valence-corrected chi connectivity index (χ0v) is 18.0. The molecule has 32 heavy (non-hydrogen) atoms. The number of hydrogen-bond acceptors (Lipinski definition) is 3. The molecule has 2 aromatic heterocycles. The minimum Gasteiger partial charge on any atom is -0.336 e. The monoisotopic (exact) mass is 428 g/mol. The Morgan fingerprint density at radius 1 is 1.06 bits per heavy atom. The standard InChI is InChI=1S/C26H25FN4O/c1-18-6-5-9-22(27)20(18)16-24-25(26(32)30-14-12-28-13-15-30)21-17-29-11-10-23(21)31(24)19-7-3-2-4-8-19/h2-11,17,28H,12-16H2,1H3. The van der Waals surface area contributed by atoms with Crippen molar-refractivity contribution in [3.05, 3.63) is 95.2 Å². The van der Waals surface area contributed by atoms with Crippen molar-refractivity contribution in [1.29, 1.82) is 0 Å². The van der Waals surface area contributed by atoms with E-state index in [-0.39, 0.29) is 11.7 Å². The van der Waals surface area contributed by atoms with Crippen LogP contribution in [-0.4, -0.2) is 46.5 Å². The summed E-state index contributed by atoms with van der Waals surface area (Å²) in [5, 5.41) is 4.09. The molecule has 0 unspecified atom stereocenters. The summed E-state index contributed by atoms with van der Waals surface area (Å²) in [5.41, 5.74) is 4.71. The van der Waals surface area contributed by atoms with E-state index in [0.717, 1.165) is 40.9 Å². The second-order valence-electron chi connectivity index (χ2n) is 8.14. The number of nitrogens with one attached hydrogen (secondary N) is 1. The molecule has 0 saturated carbocycles. The van der Waals surface area contributed by atoms with Crippen LogP contribution >= 0.6 is 0 Å². The van der Waals surface area contributed by atoms with Gasteiger partial charge in [-0.05, 0) is 42.3 Å². The molecule has 1 aliphatic heterocycles. The highest BCUT2D eigenvalue weighted by Crippen LogP contribution is 2.33. The first-order chi connectivity index (χ1) is 15.6. The van der Waals surface area contributed by atoms with E-state index in [9.17, 15) is 9.18 Å². The van der Waals surface area contributed by atoms with Crippen LogP contribution in [0.15, 0.2) is 67.0 Å². The van der Waals surface area contributed by atoms with Crippen molar-refractivity contribution < 1.29 is 9.18 Å². The van der Waals surface area contributed by atoms with Crippen molar-refractivity contribution in [3.63, 3.8) is 0 Å². The average Bonchev–Trinajstić information content (AvgIpc) is 3.16. The van der Waals surface area contributed by atoms with E-state index < -0.39 is 0 Å². The van der Waals surface area contributed by atoms with Gasteiger partial charge in [-0.2, -0.15) is 0 Å². The van der Waals surface area contributed by atoms with Gasteiger partial charge in [0, 0.05) is 61.8 Å². The fourth-order valence-electron chi connectivity index (χ4n) is 4.55. The van der Waals surface area contributed by atoms with Gasteiger partial charge in [-0.3, -0.25) is 9.78 Å².